The molecule has 0 bridgehead atoms. The van der Waals surface area contributed by atoms with Crippen LogP contribution in [0.5, 0.6) is 11.5 Å². The summed E-state index contributed by atoms with van der Waals surface area (Å²) in [6.07, 6.45) is 2.52. The highest BCUT2D eigenvalue weighted by atomic mass is 35.5. The third-order valence-corrected chi connectivity index (χ3v) is 6.63. The summed E-state index contributed by atoms with van der Waals surface area (Å²) in [5.41, 5.74) is 1.25. The molecule has 2 nitrogen and oxygen atoms in total. The summed E-state index contributed by atoms with van der Waals surface area (Å²) >= 11 is 8.24. The third-order valence-electron chi connectivity index (χ3n) is 4.91. The van der Waals surface area contributed by atoms with E-state index in [1.807, 2.05) is 30.0 Å². The van der Waals surface area contributed by atoms with Gasteiger partial charge >= 0.3 is 0 Å². The summed E-state index contributed by atoms with van der Waals surface area (Å²) in [5.74, 6) is 2.60. The first kappa shape index (κ1) is 15.4. The topological polar surface area (TPSA) is 13.7 Å². The fourth-order valence-electron chi connectivity index (χ4n) is 3.57. The van der Waals surface area contributed by atoms with E-state index in [4.69, 9.17) is 16.3 Å². The summed E-state index contributed by atoms with van der Waals surface area (Å²) < 4.78 is 6.21. The Balaban J connectivity index is 1.76. The second kappa shape index (κ2) is 6.39. The van der Waals surface area contributed by atoms with E-state index in [0.717, 1.165) is 16.5 Å². The van der Waals surface area contributed by atoms with Gasteiger partial charge in [-0.1, -0.05) is 23.7 Å². The van der Waals surface area contributed by atoms with Crippen molar-refractivity contribution in [2.75, 3.05) is 20.1 Å². The van der Waals surface area contributed by atoms with Gasteiger partial charge in [-0.15, -0.1) is 11.8 Å². The van der Waals surface area contributed by atoms with Crippen LogP contribution in [0.4, 0.5) is 0 Å². The summed E-state index contributed by atoms with van der Waals surface area (Å²) in [7, 11) is 2.29. The van der Waals surface area contributed by atoms with E-state index in [1.54, 1.807) is 4.90 Å². The average Bonchev–Trinajstić information content (AvgIpc) is 2.72. The highest BCUT2D eigenvalue weighted by Crippen LogP contribution is 2.53. The van der Waals surface area contributed by atoms with Gasteiger partial charge in [0.25, 0.3) is 0 Å². The maximum absolute atomic E-state index is 6.30. The van der Waals surface area contributed by atoms with Gasteiger partial charge in [0, 0.05) is 28.7 Å². The van der Waals surface area contributed by atoms with Crippen LogP contribution in [0.25, 0.3) is 0 Å². The van der Waals surface area contributed by atoms with Crippen LogP contribution in [0.15, 0.2) is 47.4 Å². The van der Waals surface area contributed by atoms with Gasteiger partial charge in [-0.2, -0.15) is 0 Å². The third kappa shape index (κ3) is 3.10. The van der Waals surface area contributed by atoms with Crippen molar-refractivity contribution in [1.29, 1.82) is 0 Å². The van der Waals surface area contributed by atoms with E-state index in [9.17, 15) is 0 Å². The zero-order valence-electron chi connectivity index (χ0n) is 13.2. The molecule has 2 heterocycles. The Morgan fingerprint density at radius 2 is 1.87 bits per heavy atom. The van der Waals surface area contributed by atoms with Crippen LogP contribution in [0.2, 0.25) is 5.02 Å². The number of nitrogens with one attached hydrogen (secondary N) is 1. The molecule has 0 amide bonds. The number of fused-ring (bicyclic) bond motifs is 2. The molecular weight excluding hydrogens is 326 g/mol. The number of hydrogen-bond acceptors (Lipinski definition) is 2. The Hall–Kier alpha value is -1.16. The fraction of sp³-hybridized carbons (Fsp3) is 0.368. The number of rotatable bonds is 1. The van der Waals surface area contributed by atoms with E-state index in [1.165, 1.54) is 36.4 Å². The predicted octanol–water partition coefficient (Wildman–Crippen LogP) is 4.20. The summed E-state index contributed by atoms with van der Waals surface area (Å²) in [6.45, 7) is 2.50. The standard InChI is InChI=1S/C19H20ClNOS/c1-21-10-8-13(9-11-21)19-15-12-14(20)6-7-16(15)22-17-4-2-3-5-18(17)23-19/h2-7,12-13,19H,8-11H2,1H3/p+1/t19-/m1/s1. The molecule has 0 aliphatic carbocycles. The first-order valence-corrected chi connectivity index (χ1v) is 9.51. The normalized spacial score (nSPS) is 26.6. The lowest BCUT2D eigenvalue weighted by molar-refractivity contribution is -0.886. The van der Waals surface area contributed by atoms with Gasteiger partial charge < -0.3 is 9.64 Å². The summed E-state index contributed by atoms with van der Waals surface area (Å²) in [4.78, 5) is 2.87. The molecule has 0 saturated carbocycles. The summed E-state index contributed by atoms with van der Waals surface area (Å²) in [6, 6.07) is 14.4. The van der Waals surface area contributed by atoms with Crippen LogP contribution in [-0.2, 0) is 0 Å². The molecular formula is C19H21ClNOS+. The zero-order chi connectivity index (χ0) is 15.8. The number of ether oxygens (including phenoxy) is 1. The minimum Gasteiger partial charge on any atom is -0.456 e. The van der Waals surface area contributed by atoms with Gasteiger partial charge in [-0.05, 0) is 36.2 Å². The quantitative estimate of drug-likeness (QED) is 0.831. The van der Waals surface area contributed by atoms with Crippen LogP contribution < -0.4 is 9.64 Å². The van der Waals surface area contributed by atoms with Crippen LogP contribution in [0, 0.1) is 5.92 Å². The van der Waals surface area contributed by atoms with Crippen molar-refractivity contribution in [2.24, 2.45) is 5.92 Å². The van der Waals surface area contributed by atoms with Gasteiger partial charge in [0.2, 0.25) is 0 Å². The molecule has 0 aromatic heterocycles. The molecule has 0 unspecified atom stereocenters. The van der Waals surface area contributed by atoms with Gasteiger partial charge in [-0.3, -0.25) is 0 Å². The number of hydrogen-bond donors (Lipinski definition) is 1. The van der Waals surface area contributed by atoms with E-state index in [0.29, 0.717) is 11.2 Å². The molecule has 120 valence electrons. The maximum Gasteiger partial charge on any atom is 0.141 e. The highest BCUT2D eigenvalue weighted by Gasteiger charge is 2.33. The van der Waals surface area contributed by atoms with Crippen LogP contribution in [0.1, 0.15) is 23.7 Å². The smallest absolute Gasteiger partial charge is 0.141 e. The van der Waals surface area contributed by atoms with Crippen molar-refractivity contribution in [3.63, 3.8) is 0 Å². The Bertz CT molecular complexity index is 712. The number of thioether (sulfide) groups is 1. The predicted molar refractivity (Wildman–Crippen MR) is 95.9 cm³/mol. The molecule has 0 radical (unpaired) electrons. The van der Waals surface area contributed by atoms with E-state index in [-0.39, 0.29) is 0 Å². The van der Waals surface area contributed by atoms with Gasteiger partial charge in [0.15, 0.2) is 0 Å². The monoisotopic (exact) mass is 346 g/mol. The second-order valence-electron chi connectivity index (χ2n) is 6.56. The number of likely N-dealkylation sites (tertiary alicyclic amines) is 1. The van der Waals surface area contributed by atoms with Crippen molar-refractivity contribution < 1.29 is 9.64 Å². The molecule has 4 heteroatoms. The number of halogens is 1. The molecule has 1 saturated heterocycles. The molecule has 4 rings (SSSR count). The van der Waals surface area contributed by atoms with Gasteiger partial charge in [0.1, 0.15) is 11.5 Å². The average molecular weight is 347 g/mol. The number of piperidine rings is 1. The van der Waals surface area contributed by atoms with Gasteiger partial charge in [0.05, 0.1) is 25.0 Å². The molecule has 2 aromatic carbocycles. The Morgan fingerprint density at radius 1 is 1.09 bits per heavy atom. The van der Waals surface area contributed by atoms with Crippen molar-refractivity contribution in [3.8, 4) is 11.5 Å². The number of para-hydroxylation sites is 1. The van der Waals surface area contributed by atoms with Crippen molar-refractivity contribution in [3.05, 3.63) is 53.1 Å². The number of benzene rings is 2. The van der Waals surface area contributed by atoms with Crippen molar-refractivity contribution in [1.82, 2.24) is 0 Å². The molecule has 2 aliphatic heterocycles. The lowest BCUT2D eigenvalue weighted by Gasteiger charge is -2.32. The highest BCUT2D eigenvalue weighted by molar-refractivity contribution is 7.99. The molecule has 23 heavy (non-hydrogen) atoms. The van der Waals surface area contributed by atoms with Crippen LogP contribution >= 0.6 is 23.4 Å². The Morgan fingerprint density at radius 3 is 2.70 bits per heavy atom. The zero-order valence-corrected chi connectivity index (χ0v) is 14.8. The maximum atomic E-state index is 6.30. The molecule has 1 atom stereocenters. The first-order chi connectivity index (χ1) is 11.2. The largest absolute Gasteiger partial charge is 0.456 e. The SMILES string of the molecule is C[NH+]1CCC([C@H]2Sc3ccccc3Oc3ccc(Cl)cc32)CC1. The lowest BCUT2D eigenvalue weighted by Crippen LogP contribution is -3.10. The van der Waals surface area contributed by atoms with Crippen LogP contribution in [0.3, 0.4) is 0 Å². The fourth-order valence-corrected chi connectivity index (χ4v) is 5.18. The Labute approximate surface area is 146 Å². The minimum absolute atomic E-state index is 0.417. The molecule has 1 fully saturated rings. The summed E-state index contributed by atoms with van der Waals surface area (Å²) in [5, 5.41) is 1.21. The first-order valence-electron chi connectivity index (χ1n) is 8.25. The van der Waals surface area contributed by atoms with Crippen molar-refractivity contribution in [2.45, 2.75) is 23.0 Å². The molecule has 2 aliphatic rings. The van der Waals surface area contributed by atoms with Gasteiger partial charge in [-0.25, -0.2) is 0 Å². The molecule has 2 aromatic rings. The van der Waals surface area contributed by atoms with E-state index in [2.05, 4.69) is 31.3 Å². The van der Waals surface area contributed by atoms with Crippen molar-refractivity contribution >= 4 is 23.4 Å². The van der Waals surface area contributed by atoms with Crippen LogP contribution in [-0.4, -0.2) is 20.1 Å². The lowest BCUT2D eigenvalue weighted by atomic mass is 9.89. The number of quaternary nitrogens is 1. The second-order valence-corrected chi connectivity index (χ2v) is 8.18. The molecule has 0 spiro atoms. The van der Waals surface area contributed by atoms with E-state index < -0.39 is 0 Å². The molecule has 1 N–H and O–H groups in total. The Kier molecular flexibility index (Phi) is 4.27. The van der Waals surface area contributed by atoms with E-state index >= 15 is 0 Å². The minimum atomic E-state index is 0.417.